The van der Waals surface area contributed by atoms with Gasteiger partial charge in [0.1, 0.15) is 5.69 Å². The van der Waals surface area contributed by atoms with Crippen LogP contribution in [0.15, 0.2) is 292 Å². The van der Waals surface area contributed by atoms with Crippen molar-refractivity contribution < 1.29 is 29.7 Å². The summed E-state index contributed by atoms with van der Waals surface area (Å²) in [6, 6.07) is 74.6. The Morgan fingerprint density at radius 1 is 0.274 bits per heavy atom. The normalized spacial score (nSPS) is 11.1. The fourth-order valence-electron chi connectivity index (χ4n) is 9.74. The van der Waals surface area contributed by atoms with Crippen molar-refractivity contribution in [2.75, 3.05) is 0 Å². The molecule has 606 valence electrons. The van der Waals surface area contributed by atoms with Crippen LogP contribution in [0.5, 0.6) is 0 Å². The Kier molecular flexibility index (Phi) is 54.0. The summed E-state index contributed by atoms with van der Waals surface area (Å²) in [4.78, 5) is 62.1. The highest BCUT2D eigenvalue weighted by atomic mass is 16.3. The van der Waals surface area contributed by atoms with Gasteiger partial charge in [0.15, 0.2) is 17.3 Å². The molecule has 0 saturated heterocycles. The fraction of sp³-hybridized carbons (Fsp3) is 0.380. The summed E-state index contributed by atoms with van der Waals surface area (Å²) >= 11 is 0. The molecule has 0 bridgehead atoms. The number of carbonyl (C=O) groups is 3. The van der Waals surface area contributed by atoms with Gasteiger partial charge in [0.2, 0.25) is 0 Å². The standard InChI is InChI=1S/C10H14O.C10H12O.C10H14.C9H13NO.C9H11NO.C9H13NO.C9H11NO.C9H13N.C9H12.2C8H11N/c2*1-8(2)10(11)9-6-4-3-5-7-9;1-9(2)8-10-6-4-3-5-7-10;2*1-7(2)9(11)8-4-3-5-10-6-8;2*1-7(2)9(11)8-5-3-4-6-10-8;1-8(2)7-9-5-3-4-6-10-9;1-8(2)9-6-4-3-5-7-9;1-7(2)8-4-3-5-9-6-8;1-7(2)8-5-3-4-6-9-8/h3-8,10-11H,1-2H3;3-8H,1-2H3;3-7,9H,8H2,1-2H3;3-7,9,11H,1-2H3;3-7H,1-2H3;3-7,9,11H,1-2H3;3-7H,1-2H3;3-6,8H,7H2,1-2H3;3-8H,1-2H3;2*3-7H,1-2H3. The molecule has 0 aliphatic carbocycles. The first kappa shape index (κ1) is 101. The number of hydrogen-bond donors (Lipinski definition) is 3. The molecule has 4 aromatic carbocycles. The van der Waals surface area contributed by atoms with Gasteiger partial charge in [0.05, 0.1) is 24.0 Å². The molecule has 3 atom stereocenters. The molecule has 3 N–H and O–H groups in total. The van der Waals surface area contributed by atoms with Gasteiger partial charge in [-0.15, -0.1) is 0 Å². The number of pyridine rings is 7. The van der Waals surface area contributed by atoms with Gasteiger partial charge in [-0.3, -0.25) is 49.3 Å². The number of ketones is 3. The third kappa shape index (κ3) is 47.7. The van der Waals surface area contributed by atoms with Crippen LogP contribution in [0.4, 0.5) is 0 Å². The maximum Gasteiger partial charge on any atom is 0.183 e. The number of aromatic nitrogens is 7. The fourth-order valence-corrected chi connectivity index (χ4v) is 9.74. The molecular weight excluding hydrogens is 1400 g/mol. The van der Waals surface area contributed by atoms with Crippen LogP contribution < -0.4 is 0 Å². The number of Topliss-reactive ketones (excluding diaryl/α,β-unsaturated/α-hetero) is 3. The van der Waals surface area contributed by atoms with Gasteiger partial charge in [-0.05, 0) is 161 Å². The number of aliphatic hydroxyl groups is 3. The van der Waals surface area contributed by atoms with Crippen molar-refractivity contribution in [3.8, 4) is 0 Å². The zero-order valence-corrected chi connectivity index (χ0v) is 71.9. The highest BCUT2D eigenvalue weighted by molar-refractivity contribution is 5.97. The first-order valence-electron chi connectivity index (χ1n) is 40.0. The van der Waals surface area contributed by atoms with Crippen molar-refractivity contribution in [3.63, 3.8) is 0 Å². The SMILES string of the molecule is CC(C)C(=O)c1ccccc1.CC(C)C(=O)c1ccccn1.CC(C)C(=O)c1cccnc1.CC(C)C(O)c1ccccc1.CC(C)C(O)c1ccccn1.CC(C)C(O)c1cccnc1.CC(C)Cc1ccccc1.CC(C)Cc1ccccn1.CC(C)c1ccccc1.CC(C)c1ccccn1.CC(C)c1cccnc1. The van der Waals surface area contributed by atoms with Crippen molar-refractivity contribution in [1.82, 2.24) is 34.9 Å². The Labute approximate surface area is 680 Å². The van der Waals surface area contributed by atoms with Crippen LogP contribution in [0.1, 0.15) is 264 Å². The minimum atomic E-state index is -0.434. The van der Waals surface area contributed by atoms with E-state index in [9.17, 15) is 29.7 Å². The molecule has 0 amide bonds. The number of carbonyl (C=O) groups excluding carboxylic acids is 3. The third-order valence-corrected chi connectivity index (χ3v) is 16.5. The molecule has 3 unspecified atom stereocenters. The average Bonchev–Trinajstić information content (AvgIpc) is 0.914. The number of benzene rings is 4. The van der Waals surface area contributed by atoms with Gasteiger partial charge in [0.25, 0.3) is 0 Å². The number of nitrogens with zero attached hydrogens (tertiary/aromatic N) is 7. The second-order valence-corrected chi connectivity index (χ2v) is 30.8. The molecule has 0 aliphatic heterocycles. The summed E-state index contributed by atoms with van der Waals surface area (Å²) in [6.07, 6.45) is 18.5. The molecule has 7 heterocycles. The van der Waals surface area contributed by atoms with Crippen LogP contribution in [0.3, 0.4) is 0 Å². The van der Waals surface area contributed by atoms with E-state index in [0.29, 0.717) is 34.9 Å². The predicted octanol–water partition coefficient (Wildman–Crippen LogP) is 24.7. The second-order valence-electron chi connectivity index (χ2n) is 30.8. The molecule has 113 heavy (non-hydrogen) atoms. The molecule has 0 saturated carbocycles. The lowest BCUT2D eigenvalue weighted by Crippen LogP contribution is -2.08. The predicted molar refractivity (Wildman–Crippen MR) is 472 cm³/mol. The van der Waals surface area contributed by atoms with Gasteiger partial charge in [-0.1, -0.05) is 310 Å². The quantitative estimate of drug-likeness (QED) is 0.0646. The van der Waals surface area contributed by atoms with Gasteiger partial charge in [-0.25, -0.2) is 0 Å². The van der Waals surface area contributed by atoms with E-state index < -0.39 is 6.10 Å². The largest absolute Gasteiger partial charge is 0.388 e. The molecule has 11 rings (SSSR count). The lowest BCUT2D eigenvalue weighted by Gasteiger charge is -2.13. The molecule has 0 fully saturated rings. The topological polar surface area (TPSA) is 202 Å². The number of rotatable bonds is 19. The summed E-state index contributed by atoms with van der Waals surface area (Å²) in [7, 11) is 0. The Balaban J connectivity index is 0.000000622. The number of hydrogen-bond acceptors (Lipinski definition) is 13. The molecule has 11 aromatic rings. The monoisotopic (exact) mass is 1530 g/mol. The molecule has 0 aliphatic rings. The van der Waals surface area contributed by atoms with Crippen LogP contribution in [0, 0.1) is 47.3 Å². The van der Waals surface area contributed by atoms with Gasteiger partial charge >= 0.3 is 0 Å². The molecular formula is C100H135N7O6. The summed E-state index contributed by atoms with van der Waals surface area (Å²) in [6.45, 7) is 45.2. The van der Waals surface area contributed by atoms with Crippen LogP contribution >= 0.6 is 0 Å². The van der Waals surface area contributed by atoms with E-state index >= 15 is 0 Å². The van der Waals surface area contributed by atoms with E-state index in [4.69, 9.17) is 0 Å². The van der Waals surface area contributed by atoms with Crippen molar-refractivity contribution >= 4 is 17.3 Å². The Hall–Kier alpha value is -10.2. The molecule has 13 nitrogen and oxygen atoms in total. The summed E-state index contributed by atoms with van der Waals surface area (Å²) in [5.74, 6) is 4.69. The Bertz CT molecular complexity index is 3650. The van der Waals surface area contributed by atoms with E-state index in [1.807, 2.05) is 241 Å². The van der Waals surface area contributed by atoms with E-state index in [-0.39, 0.29) is 65.1 Å². The van der Waals surface area contributed by atoms with E-state index in [1.54, 1.807) is 67.6 Å². The Morgan fingerprint density at radius 2 is 0.628 bits per heavy atom. The second kappa shape index (κ2) is 60.5. The molecule has 0 radical (unpaired) electrons. The van der Waals surface area contributed by atoms with Crippen LogP contribution in [-0.4, -0.2) is 67.6 Å². The highest BCUT2D eigenvalue weighted by Gasteiger charge is 2.15. The van der Waals surface area contributed by atoms with Crippen molar-refractivity contribution in [3.05, 3.63) is 354 Å². The lowest BCUT2D eigenvalue weighted by molar-refractivity contribution is 0.0928. The highest BCUT2D eigenvalue weighted by Crippen LogP contribution is 2.22. The van der Waals surface area contributed by atoms with Gasteiger partial charge in [0, 0.05) is 102 Å². The first-order valence-corrected chi connectivity index (χ1v) is 40.0. The minimum Gasteiger partial charge on any atom is -0.388 e. The van der Waals surface area contributed by atoms with Crippen molar-refractivity contribution in [1.29, 1.82) is 0 Å². The maximum atomic E-state index is 11.3. The van der Waals surface area contributed by atoms with Crippen LogP contribution in [0.25, 0.3) is 0 Å². The average molecular weight is 1530 g/mol. The Morgan fingerprint density at radius 3 is 0.965 bits per heavy atom. The zero-order chi connectivity index (χ0) is 84.5. The van der Waals surface area contributed by atoms with Gasteiger partial charge < -0.3 is 15.3 Å². The molecule has 0 spiro atoms. The zero-order valence-electron chi connectivity index (χ0n) is 71.9. The van der Waals surface area contributed by atoms with E-state index in [1.165, 1.54) is 28.8 Å². The maximum absolute atomic E-state index is 11.3. The molecule has 13 heteroatoms. The lowest BCUT2D eigenvalue weighted by atomic mass is 10.00. The summed E-state index contributed by atoms with van der Waals surface area (Å²) in [5, 5.41) is 28.7. The smallest absolute Gasteiger partial charge is 0.183 e. The van der Waals surface area contributed by atoms with Crippen LogP contribution in [0.2, 0.25) is 0 Å². The van der Waals surface area contributed by atoms with E-state index in [0.717, 1.165) is 40.4 Å². The summed E-state index contributed by atoms with van der Waals surface area (Å²) in [5.41, 5.74) is 11.2. The first-order chi connectivity index (χ1) is 53.8. The van der Waals surface area contributed by atoms with Crippen molar-refractivity contribution in [2.45, 2.75) is 201 Å². The van der Waals surface area contributed by atoms with Crippen LogP contribution in [-0.2, 0) is 12.8 Å². The third-order valence-electron chi connectivity index (χ3n) is 16.5. The summed E-state index contributed by atoms with van der Waals surface area (Å²) < 4.78 is 0. The minimum absolute atomic E-state index is 0.0323. The molecule has 7 aromatic heterocycles. The number of aliphatic hydroxyl groups excluding tert-OH is 3. The van der Waals surface area contributed by atoms with E-state index in [2.05, 4.69) is 171 Å². The van der Waals surface area contributed by atoms with Crippen molar-refractivity contribution in [2.24, 2.45) is 47.3 Å². The van der Waals surface area contributed by atoms with Gasteiger partial charge in [-0.2, -0.15) is 0 Å².